The predicted octanol–water partition coefficient (Wildman–Crippen LogP) is 4.13. The van der Waals surface area contributed by atoms with E-state index in [1.807, 2.05) is 11.8 Å². The van der Waals surface area contributed by atoms with Crippen LogP contribution in [0, 0.1) is 5.92 Å². The van der Waals surface area contributed by atoms with Gasteiger partial charge in [-0.05, 0) is 30.9 Å². The molecule has 0 nitrogen and oxygen atoms in total. The predicted molar refractivity (Wildman–Crippen MR) is 63.6 cm³/mol. The molecule has 1 aliphatic rings. The summed E-state index contributed by atoms with van der Waals surface area (Å²) in [4.78, 5) is 1.39. The molecule has 0 radical (unpaired) electrons. The monoisotopic (exact) mass is 204 g/mol. The second-order valence-electron chi connectivity index (χ2n) is 3.91. The molecule has 1 heteroatoms. The van der Waals surface area contributed by atoms with Crippen molar-refractivity contribution < 1.29 is 0 Å². The molecule has 1 aromatic rings. The van der Waals surface area contributed by atoms with Crippen LogP contribution in [-0.4, -0.2) is 5.25 Å². The Morgan fingerprint density at radius 3 is 2.50 bits per heavy atom. The average Bonchev–Trinajstić information content (AvgIpc) is 2.23. The van der Waals surface area contributed by atoms with Crippen molar-refractivity contribution in [2.75, 3.05) is 0 Å². The van der Waals surface area contributed by atoms with Crippen LogP contribution >= 0.6 is 11.8 Å². The summed E-state index contributed by atoms with van der Waals surface area (Å²) in [6.45, 7) is 2.29. The molecular formula is C13H16S. The molecule has 0 bridgehead atoms. The third kappa shape index (κ3) is 2.65. The Morgan fingerprint density at radius 2 is 1.86 bits per heavy atom. The highest BCUT2D eigenvalue weighted by Crippen LogP contribution is 2.31. The molecule has 0 aromatic heterocycles. The van der Waals surface area contributed by atoms with Gasteiger partial charge in [-0.15, -0.1) is 11.8 Å². The van der Waals surface area contributed by atoms with Gasteiger partial charge in [0.1, 0.15) is 0 Å². The number of hydrogen-bond donors (Lipinski definition) is 0. The lowest BCUT2D eigenvalue weighted by atomic mass is 9.98. The minimum absolute atomic E-state index is 0.689. The van der Waals surface area contributed by atoms with E-state index in [0.717, 1.165) is 5.92 Å². The summed E-state index contributed by atoms with van der Waals surface area (Å²) < 4.78 is 0. The molecule has 0 N–H and O–H groups in total. The van der Waals surface area contributed by atoms with Gasteiger partial charge in [-0.1, -0.05) is 37.3 Å². The van der Waals surface area contributed by atoms with E-state index >= 15 is 0 Å². The maximum absolute atomic E-state index is 2.37. The number of benzene rings is 1. The summed E-state index contributed by atoms with van der Waals surface area (Å²) >= 11 is 1.98. The van der Waals surface area contributed by atoms with Gasteiger partial charge in [0.15, 0.2) is 0 Å². The second kappa shape index (κ2) is 4.70. The van der Waals surface area contributed by atoms with Crippen LogP contribution in [0.4, 0.5) is 0 Å². The van der Waals surface area contributed by atoms with Gasteiger partial charge >= 0.3 is 0 Å². The fourth-order valence-electron chi connectivity index (χ4n) is 1.71. The molecule has 2 atom stereocenters. The van der Waals surface area contributed by atoms with Crippen molar-refractivity contribution in [2.24, 2.45) is 5.92 Å². The quantitative estimate of drug-likeness (QED) is 0.653. The Kier molecular flexibility index (Phi) is 3.30. The van der Waals surface area contributed by atoms with Gasteiger partial charge in [-0.3, -0.25) is 0 Å². The Bertz CT molecular complexity index is 302. The largest absolute Gasteiger partial charge is 0.119 e. The molecule has 2 rings (SSSR count). The molecule has 0 amide bonds. The standard InChI is InChI=1S/C13H16S/c1-11-7-9-13(10-8-11)14-12-5-3-2-4-6-12/h2-7,9,11,13H,8,10H2,1H3. The Morgan fingerprint density at radius 1 is 1.07 bits per heavy atom. The van der Waals surface area contributed by atoms with Crippen molar-refractivity contribution in [3.63, 3.8) is 0 Å². The molecule has 0 spiro atoms. The molecule has 74 valence electrons. The van der Waals surface area contributed by atoms with Crippen LogP contribution in [0.25, 0.3) is 0 Å². The summed E-state index contributed by atoms with van der Waals surface area (Å²) in [7, 11) is 0. The first kappa shape index (κ1) is 9.85. The number of hydrogen-bond acceptors (Lipinski definition) is 1. The van der Waals surface area contributed by atoms with Gasteiger partial charge in [0.05, 0.1) is 0 Å². The molecule has 14 heavy (non-hydrogen) atoms. The molecular weight excluding hydrogens is 188 g/mol. The van der Waals surface area contributed by atoms with E-state index in [9.17, 15) is 0 Å². The van der Waals surface area contributed by atoms with Crippen molar-refractivity contribution in [1.82, 2.24) is 0 Å². The van der Waals surface area contributed by atoms with Gasteiger partial charge in [-0.2, -0.15) is 0 Å². The van der Waals surface area contributed by atoms with Crippen LogP contribution in [0.5, 0.6) is 0 Å². The zero-order valence-electron chi connectivity index (χ0n) is 8.52. The van der Waals surface area contributed by atoms with E-state index in [2.05, 4.69) is 49.4 Å². The van der Waals surface area contributed by atoms with E-state index in [0.29, 0.717) is 5.25 Å². The Balaban J connectivity index is 1.96. The van der Waals surface area contributed by atoms with Gasteiger partial charge in [0, 0.05) is 10.1 Å². The molecule has 0 fully saturated rings. The molecule has 1 aliphatic carbocycles. The first-order valence-corrected chi connectivity index (χ1v) is 6.12. The number of thioether (sulfide) groups is 1. The van der Waals surface area contributed by atoms with Crippen molar-refractivity contribution in [2.45, 2.75) is 29.9 Å². The lowest BCUT2D eigenvalue weighted by Gasteiger charge is -2.19. The zero-order chi connectivity index (χ0) is 9.80. The molecule has 0 heterocycles. The molecule has 1 aromatic carbocycles. The SMILES string of the molecule is CC1C=CC(Sc2ccccc2)CC1. The minimum Gasteiger partial charge on any atom is -0.119 e. The molecule has 2 unspecified atom stereocenters. The van der Waals surface area contributed by atoms with E-state index in [-0.39, 0.29) is 0 Å². The van der Waals surface area contributed by atoms with Crippen LogP contribution in [0.2, 0.25) is 0 Å². The summed E-state index contributed by atoms with van der Waals surface area (Å²) in [6.07, 6.45) is 7.37. The maximum Gasteiger partial charge on any atom is 0.0274 e. The van der Waals surface area contributed by atoms with Crippen molar-refractivity contribution in [3.05, 3.63) is 42.5 Å². The maximum atomic E-state index is 2.37. The van der Waals surface area contributed by atoms with E-state index in [1.54, 1.807) is 0 Å². The first-order valence-electron chi connectivity index (χ1n) is 5.24. The van der Waals surface area contributed by atoms with Crippen LogP contribution in [0.1, 0.15) is 19.8 Å². The van der Waals surface area contributed by atoms with Gasteiger partial charge < -0.3 is 0 Å². The number of rotatable bonds is 2. The lowest BCUT2D eigenvalue weighted by molar-refractivity contribution is 0.591. The van der Waals surface area contributed by atoms with Crippen LogP contribution in [0.3, 0.4) is 0 Å². The fraction of sp³-hybridized carbons (Fsp3) is 0.385. The Labute approximate surface area is 90.4 Å². The molecule has 0 saturated carbocycles. The smallest absolute Gasteiger partial charge is 0.0274 e. The first-order chi connectivity index (χ1) is 6.84. The van der Waals surface area contributed by atoms with Crippen LogP contribution in [0.15, 0.2) is 47.4 Å². The lowest BCUT2D eigenvalue weighted by Crippen LogP contribution is -2.07. The summed E-state index contributed by atoms with van der Waals surface area (Å²) in [5.41, 5.74) is 0. The normalized spacial score (nSPS) is 26.4. The highest BCUT2D eigenvalue weighted by atomic mass is 32.2. The van der Waals surface area contributed by atoms with Crippen molar-refractivity contribution >= 4 is 11.8 Å². The second-order valence-corrected chi connectivity index (χ2v) is 5.22. The summed E-state index contributed by atoms with van der Waals surface area (Å²) in [5, 5.41) is 0.689. The van der Waals surface area contributed by atoms with Crippen molar-refractivity contribution in [1.29, 1.82) is 0 Å². The third-order valence-corrected chi connectivity index (χ3v) is 3.83. The van der Waals surface area contributed by atoms with Crippen LogP contribution in [-0.2, 0) is 0 Å². The summed E-state index contributed by atoms with van der Waals surface area (Å²) in [5.74, 6) is 0.780. The highest BCUT2D eigenvalue weighted by Gasteiger charge is 2.13. The summed E-state index contributed by atoms with van der Waals surface area (Å²) in [6, 6.07) is 10.7. The molecule has 0 aliphatic heterocycles. The zero-order valence-corrected chi connectivity index (χ0v) is 9.34. The van der Waals surface area contributed by atoms with Crippen molar-refractivity contribution in [3.8, 4) is 0 Å². The average molecular weight is 204 g/mol. The third-order valence-electron chi connectivity index (χ3n) is 2.59. The topological polar surface area (TPSA) is 0 Å². The van der Waals surface area contributed by atoms with E-state index < -0.39 is 0 Å². The minimum atomic E-state index is 0.689. The Hall–Kier alpha value is -0.690. The van der Waals surface area contributed by atoms with Gasteiger partial charge in [0.2, 0.25) is 0 Å². The van der Waals surface area contributed by atoms with E-state index in [1.165, 1.54) is 17.7 Å². The number of allylic oxidation sites excluding steroid dienone is 1. The van der Waals surface area contributed by atoms with Gasteiger partial charge in [0.25, 0.3) is 0 Å². The van der Waals surface area contributed by atoms with Crippen LogP contribution < -0.4 is 0 Å². The fourth-order valence-corrected chi connectivity index (χ4v) is 2.79. The highest BCUT2D eigenvalue weighted by molar-refractivity contribution is 8.00. The van der Waals surface area contributed by atoms with E-state index in [4.69, 9.17) is 0 Å². The van der Waals surface area contributed by atoms with Gasteiger partial charge in [-0.25, -0.2) is 0 Å². The molecule has 0 saturated heterocycles.